The second-order valence-electron chi connectivity index (χ2n) is 3.85. The molecular formula is C12H15ClN2O2S. The molecule has 98 valence electrons. The highest BCUT2D eigenvalue weighted by Crippen LogP contribution is 2.23. The normalized spacial score (nSPS) is 10.1. The number of nitrogens with zero attached hydrogens (tertiary/aromatic N) is 1. The molecule has 1 aromatic carbocycles. The molecule has 0 heterocycles. The van der Waals surface area contributed by atoms with E-state index < -0.39 is 0 Å². The van der Waals surface area contributed by atoms with Crippen LogP contribution in [0.15, 0.2) is 18.2 Å². The maximum atomic E-state index is 12.2. The summed E-state index contributed by atoms with van der Waals surface area (Å²) in [6, 6.07) is 4.38. The number of phenolic OH excluding ortho intramolecular Hbond substituents is 1. The minimum atomic E-state index is -0.307. The summed E-state index contributed by atoms with van der Waals surface area (Å²) in [4.78, 5) is 14.0. The Bertz CT molecular complexity index is 465. The standard InChI is InChI=1S/C12H15ClN2O2S/c1-2-5-15(7-11(14)18)12(17)9-4-3-8(13)6-10(9)16/h3-4,6,16H,2,5,7H2,1H3,(H2,14,18). The van der Waals surface area contributed by atoms with Crippen LogP contribution in [0.5, 0.6) is 5.75 Å². The third kappa shape index (κ3) is 3.85. The number of amides is 1. The Hall–Kier alpha value is -1.33. The molecule has 6 heteroatoms. The first-order valence-electron chi connectivity index (χ1n) is 5.51. The van der Waals surface area contributed by atoms with Crippen molar-refractivity contribution in [3.05, 3.63) is 28.8 Å². The summed E-state index contributed by atoms with van der Waals surface area (Å²) in [5.41, 5.74) is 5.65. The molecule has 1 amide bonds. The summed E-state index contributed by atoms with van der Waals surface area (Å²) < 4.78 is 0. The van der Waals surface area contributed by atoms with Crippen LogP contribution in [-0.2, 0) is 0 Å². The molecule has 1 aromatic rings. The first-order chi connectivity index (χ1) is 8.45. The van der Waals surface area contributed by atoms with Gasteiger partial charge in [0.25, 0.3) is 5.91 Å². The number of phenols is 1. The lowest BCUT2D eigenvalue weighted by Gasteiger charge is -2.21. The van der Waals surface area contributed by atoms with Crippen molar-refractivity contribution >= 4 is 34.7 Å². The second kappa shape index (κ2) is 6.56. The fourth-order valence-corrected chi connectivity index (χ4v) is 1.89. The van der Waals surface area contributed by atoms with Crippen molar-refractivity contribution in [2.24, 2.45) is 5.73 Å². The maximum absolute atomic E-state index is 12.2. The molecule has 0 aliphatic rings. The zero-order chi connectivity index (χ0) is 13.7. The van der Waals surface area contributed by atoms with Crippen molar-refractivity contribution in [2.75, 3.05) is 13.1 Å². The summed E-state index contributed by atoms with van der Waals surface area (Å²) in [7, 11) is 0. The van der Waals surface area contributed by atoms with Crippen molar-refractivity contribution in [1.29, 1.82) is 0 Å². The van der Waals surface area contributed by atoms with E-state index in [9.17, 15) is 9.90 Å². The van der Waals surface area contributed by atoms with Gasteiger partial charge in [-0.1, -0.05) is 30.7 Å². The fourth-order valence-electron chi connectivity index (χ4n) is 1.57. The molecule has 0 bridgehead atoms. The summed E-state index contributed by atoms with van der Waals surface area (Å²) in [5, 5.41) is 10.1. The molecule has 0 saturated heterocycles. The molecule has 0 aliphatic carbocycles. The molecule has 0 aliphatic heterocycles. The third-order valence-electron chi connectivity index (χ3n) is 2.32. The van der Waals surface area contributed by atoms with Crippen LogP contribution in [-0.4, -0.2) is 34.0 Å². The van der Waals surface area contributed by atoms with Crippen LogP contribution in [0.1, 0.15) is 23.7 Å². The molecule has 1 rings (SSSR count). The number of hydrogen-bond acceptors (Lipinski definition) is 3. The largest absolute Gasteiger partial charge is 0.507 e. The van der Waals surface area contributed by atoms with Gasteiger partial charge in [-0.05, 0) is 24.6 Å². The highest BCUT2D eigenvalue weighted by molar-refractivity contribution is 7.80. The number of carbonyl (C=O) groups excluding carboxylic acids is 1. The first-order valence-corrected chi connectivity index (χ1v) is 6.30. The van der Waals surface area contributed by atoms with E-state index in [1.165, 1.54) is 17.0 Å². The highest BCUT2D eigenvalue weighted by Gasteiger charge is 2.19. The van der Waals surface area contributed by atoms with E-state index in [-0.39, 0.29) is 28.8 Å². The minimum Gasteiger partial charge on any atom is -0.507 e. The van der Waals surface area contributed by atoms with Gasteiger partial charge in [-0.25, -0.2) is 0 Å². The number of carbonyl (C=O) groups is 1. The number of benzene rings is 1. The van der Waals surface area contributed by atoms with Gasteiger partial charge in [0.05, 0.1) is 17.1 Å². The number of rotatable bonds is 5. The maximum Gasteiger partial charge on any atom is 0.257 e. The Morgan fingerprint density at radius 1 is 1.56 bits per heavy atom. The van der Waals surface area contributed by atoms with Crippen molar-refractivity contribution in [3.63, 3.8) is 0 Å². The topological polar surface area (TPSA) is 66.6 Å². The van der Waals surface area contributed by atoms with E-state index in [4.69, 9.17) is 29.6 Å². The lowest BCUT2D eigenvalue weighted by molar-refractivity contribution is 0.0777. The Kier molecular flexibility index (Phi) is 5.37. The van der Waals surface area contributed by atoms with Gasteiger partial charge in [0.1, 0.15) is 5.75 Å². The van der Waals surface area contributed by atoms with Crippen molar-refractivity contribution in [1.82, 2.24) is 4.90 Å². The van der Waals surface area contributed by atoms with Gasteiger partial charge in [0, 0.05) is 11.6 Å². The molecule has 0 atom stereocenters. The summed E-state index contributed by atoms with van der Waals surface area (Å²) in [6.07, 6.45) is 0.780. The van der Waals surface area contributed by atoms with E-state index in [2.05, 4.69) is 0 Å². The highest BCUT2D eigenvalue weighted by atomic mass is 35.5. The van der Waals surface area contributed by atoms with Gasteiger partial charge in [0.2, 0.25) is 0 Å². The molecule has 0 fully saturated rings. The molecule has 18 heavy (non-hydrogen) atoms. The van der Waals surface area contributed by atoms with Gasteiger partial charge >= 0.3 is 0 Å². The van der Waals surface area contributed by atoms with Crippen LogP contribution >= 0.6 is 23.8 Å². The number of hydrogen-bond donors (Lipinski definition) is 2. The number of aromatic hydroxyl groups is 1. The third-order valence-corrected chi connectivity index (χ3v) is 2.68. The van der Waals surface area contributed by atoms with Crippen LogP contribution in [0.25, 0.3) is 0 Å². The smallest absolute Gasteiger partial charge is 0.257 e. The average Bonchev–Trinajstić information content (AvgIpc) is 2.27. The van der Waals surface area contributed by atoms with Crippen molar-refractivity contribution in [2.45, 2.75) is 13.3 Å². The lowest BCUT2D eigenvalue weighted by atomic mass is 10.1. The van der Waals surface area contributed by atoms with Gasteiger partial charge < -0.3 is 15.7 Å². The molecule has 0 saturated carbocycles. The Labute approximate surface area is 116 Å². The summed E-state index contributed by atoms with van der Waals surface area (Å²) in [6.45, 7) is 2.67. The average molecular weight is 287 g/mol. The van der Waals surface area contributed by atoms with Crippen LogP contribution in [0, 0.1) is 0 Å². The van der Waals surface area contributed by atoms with Crippen molar-refractivity contribution < 1.29 is 9.90 Å². The van der Waals surface area contributed by atoms with Crippen LogP contribution in [0.2, 0.25) is 5.02 Å². The van der Waals surface area contributed by atoms with Gasteiger partial charge in [-0.15, -0.1) is 0 Å². The zero-order valence-electron chi connectivity index (χ0n) is 10.0. The minimum absolute atomic E-state index is 0.142. The van der Waals surface area contributed by atoms with Crippen molar-refractivity contribution in [3.8, 4) is 5.75 Å². The summed E-state index contributed by atoms with van der Waals surface area (Å²) in [5.74, 6) is -0.449. The zero-order valence-corrected chi connectivity index (χ0v) is 11.6. The Balaban J connectivity index is 2.97. The number of nitrogens with two attached hydrogens (primary N) is 1. The Morgan fingerprint density at radius 3 is 2.72 bits per heavy atom. The molecule has 0 unspecified atom stereocenters. The predicted octanol–water partition coefficient (Wildman–Crippen LogP) is 2.18. The second-order valence-corrected chi connectivity index (χ2v) is 4.82. The first kappa shape index (κ1) is 14.7. The monoisotopic (exact) mass is 286 g/mol. The molecule has 0 spiro atoms. The number of halogens is 1. The molecular weight excluding hydrogens is 272 g/mol. The van der Waals surface area contributed by atoms with E-state index in [0.29, 0.717) is 11.6 Å². The summed E-state index contributed by atoms with van der Waals surface area (Å²) >= 11 is 10.5. The van der Waals surface area contributed by atoms with E-state index in [1.807, 2.05) is 6.92 Å². The Morgan fingerprint density at radius 2 is 2.22 bits per heavy atom. The van der Waals surface area contributed by atoms with E-state index in [1.54, 1.807) is 6.07 Å². The molecule has 3 N–H and O–H groups in total. The van der Waals surface area contributed by atoms with Crippen LogP contribution in [0.3, 0.4) is 0 Å². The number of thiocarbonyl (C=S) groups is 1. The van der Waals surface area contributed by atoms with E-state index >= 15 is 0 Å². The van der Waals surface area contributed by atoms with Crippen LogP contribution in [0.4, 0.5) is 0 Å². The van der Waals surface area contributed by atoms with Gasteiger partial charge in [-0.3, -0.25) is 4.79 Å². The fraction of sp³-hybridized carbons (Fsp3) is 0.333. The van der Waals surface area contributed by atoms with Gasteiger partial charge in [-0.2, -0.15) is 0 Å². The molecule has 4 nitrogen and oxygen atoms in total. The quantitative estimate of drug-likeness (QED) is 0.814. The molecule has 0 radical (unpaired) electrons. The lowest BCUT2D eigenvalue weighted by Crippen LogP contribution is -2.38. The van der Waals surface area contributed by atoms with E-state index in [0.717, 1.165) is 6.42 Å². The predicted molar refractivity (Wildman–Crippen MR) is 76.1 cm³/mol. The van der Waals surface area contributed by atoms with Crippen LogP contribution < -0.4 is 5.73 Å². The van der Waals surface area contributed by atoms with Gasteiger partial charge in [0.15, 0.2) is 0 Å². The molecule has 0 aromatic heterocycles. The SMILES string of the molecule is CCCN(CC(N)=S)C(=O)c1ccc(Cl)cc1O.